The van der Waals surface area contributed by atoms with Crippen molar-refractivity contribution < 1.29 is 4.74 Å². The molecule has 1 fully saturated rings. The van der Waals surface area contributed by atoms with Crippen molar-refractivity contribution in [2.45, 2.75) is 43.4 Å². The fourth-order valence-electron chi connectivity index (χ4n) is 4.06. The van der Waals surface area contributed by atoms with Crippen molar-refractivity contribution in [3.8, 4) is 0 Å². The third-order valence-corrected chi connectivity index (χ3v) is 5.85. The Bertz CT molecular complexity index is 701. The summed E-state index contributed by atoms with van der Waals surface area (Å²) in [4.78, 5) is 4.78. The van der Waals surface area contributed by atoms with Crippen LogP contribution in [-0.4, -0.2) is 37.8 Å². The maximum Gasteiger partial charge on any atom is 0.222 e. The number of methoxy groups -OCH3 is 1. The van der Waals surface area contributed by atoms with Crippen LogP contribution in [-0.2, 0) is 10.3 Å². The highest BCUT2D eigenvalue weighted by atomic mass is 35.5. The SMILES string of the molecule is COC1=NC2=C(NC1(CCl)c1ccccc1)C(NC1CCCC1)NCN2. The number of hydrogen-bond acceptors (Lipinski definition) is 6. The molecular formula is C19H26ClN5O. The number of alkyl halides is 1. The van der Waals surface area contributed by atoms with Crippen LogP contribution in [0, 0.1) is 0 Å². The molecule has 2 atom stereocenters. The summed E-state index contributed by atoms with van der Waals surface area (Å²) in [6, 6.07) is 10.7. The molecule has 26 heavy (non-hydrogen) atoms. The van der Waals surface area contributed by atoms with Crippen LogP contribution in [0.4, 0.5) is 0 Å². The first-order chi connectivity index (χ1) is 12.8. The van der Waals surface area contributed by atoms with E-state index in [0.29, 0.717) is 24.5 Å². The largest absolute Gasteiger partial charge is 0.482 e. The quantitative estimate of drug-likeness (QED) is 0.606. The van der Waals surface area contributed by atoms with Crippen molar-refractivity contribution in [3.63, 3.8) is 0 Å². The van der Waals surface area contributed by atoms with Gasteiger partial charge in [-0.2, -0.15) is 4.99 Å². The van der Waals surface area contributed by atoms with Gasteiger partial charge < -0.3 is 15.4 Å². The molecule has 7 heteroatoms. The first-order valence-electron chi connectivity index (χ1n) is 9.27. The van der Waals surface area contributed by atoms with Crippen LogP contribution in [0.2, 0.25) is 0 Å². The van der Waals surface area contributed by atoms with E-state index >= 15 is 0 Å². The Morgan fingerprint density at radius 2 is 2.04 bits per heavy atom. The molecule has 1 saturated carbocycles. The molecule has 4 N–H and O–H groups in total. The topological polar surface area (TPSA) is 69.7 Å². The number of hydrogen-bond donors (Lipinski definition) is 4. The van der Waals surface area contributed by atoms with Gasteiger partial charge in [-0.25, -0.2) is 0 Å². The number of benzene rings is 1. The van der Waals surface area contributed by atoms with Crippen LogP contribution in [0.3, 0.4) is 0 Å². The number of aliphatic imine (C=N–C) groups is 1. The first kappa shape index (κ1) is 17.6. The maximum absolute atomic E-state index is 6.49. The van der Waals surface area contributed by atoms with Gasteiger partial charge in [-0.15, -0.1) is 11.6 Å². The number of ether oxygens (including phenoxy) is 1. The van der Waals surface area contributed by atoms with Crippen LogP contribution in [0.5, 0.6) is 0 Å². The van der Waals surface area contributed by atoms with Gasteiger partial charge >= 0.3 is 0 Å². The van der Waals surface area contributed by atoms with Crippen molar-refractivity contribution in [2.24, 2.45) is 4.99 Å². The normalized spacial score (nSPS) is 28.8. The standard InChI is InChI=1S/C19H26ClN5O/c1-26-18-19(11-20,13-7-3-2-4-8-13)25-15-16(21-12-22-17(15)24-18)23-14-9-5-6-10-14/h2-4,7-8,14,16,21-23,25H,5-6,9-12H2,1H3. The summed E-state index contributed by atoms with van der Waals surface area (Å²) >= 11 is 6.49. The molecule has 4 rings (SSSR count). The fraction of sp³-hybridized carbons (Fsp3) is 0.526. The Morgan fingerprint density at radius 1 is 1.27 bits per heavy atom. The van der Waals surface area contributed by atoms with E-state index in [1.54, 1.807) is 7.11 Å². The van der Waals surface area contributed by atoms with Crippen LogP contribution >= 0.6 is 11.6 Å². The van der Waals surface area contributed by atoms with Gasteiger partial charge in [0.25, 0.3) is 0 Å². The third kappa shape index (κ3) is 3.06. The van der Waals surface area contributed by atoms with E-state index in [1.165, 1.54) is 25.7 Å². The number of rotatable bonds is 4. The van der Waals surface area contributed by atoms with E-state index in [2.05, 4.69) is 33.4 Å². The van der Waals surface area contributed by atoms with Gasteiger partial charge in [-0.3, -0.25) is 10.6 Å². The number of halogens is 1. The van der Waals surface area contributed by atoms with Crippen molar-refractivity contribution in [3.05, 3.63) is 47.4 Å². The molecule has 1 aliphatic carbocycles. The van der Waals surface area contributed by atoms with Crippen molar-refractivity contribution in [1.82, 2.24) is 21.3 Å². The van der Waals surface area contributed by atoms with Crippen LogP contribution in [0.1, 0.15) is 31.2 Å². The molecule has 0 saturated heterocycles. The van der Waals surface area contributed by atoms with Crippen LogP contribution < -0.4 is 21.3 Å². The third-order valence-electron chi connectivity index (χ3n) is 5.45. The minimum absolute atomic E-state index is 0.0165. The van der Waals surface area contributed by atoms with Crippen molar-refractivity contribution in [1.29, 1.82) is 0 Å². The van der Waals surface area contributed by atoms with E-state index in [1.807, 2.05) is 18.2 Å². The molecule has 140 valence electrons. The number of nitrogens with one attached hydrogen (secondary N) is 4. The first-order valence-corrected chi connectivity index (χ1v) is 9.80. The molecule has 0 spiro atoms. The van der Waals surface area contributed by atoms with E-state index < -0.39 is 5.54 Å². The molecule has 0 radical (unpaired) electrons. The molecule has 6 nitrogen and oxygen atoms in total. The predicted octanol–water partition coefficient (Wildman–Crippen LogP) is 1.95. The molecular weight excluding hydrogens is 350 g/mol. The summed E-state index contributed by atoms with van der Waals surface area (Å²) in [6.45, 7) is 0.657. The lowest BCUT2D eigenvalue weighted by Crippen LogP contribution is -2.63. The maximum atomic E-state index is 6.49. The summed E-state index contributed by atoms with van der Waals surface area (Å²) in [5.74, 6) is 1.70. The van der Waals surface area contributed by atoms with Gasteiger partial charge in [0.2, 0.25) is 5.90 Å². The van der Waals surface area contributed by atoms with E-state index in [-0.39, 0.29) is 6.17 Å². The smallest absolute Gasteiger partial charge is 0.222 e. The van der Waals surface area contributed by atoms with E-state index in [4.69, 9.17) is 21.3 Å². The zero-order chi connectivity index (χ0) is 18.0. The molecule has 1 aromatic rings. The van der Waals surface area contributed by atoms with Gasteiger partial charge in [0.15, 0.2) is 11.4 Å². The van der Waals surface area contributed by atoms with E-state index in [0.717, 1.165) is 17.1 Å². The Hall–Kier alpha value is -1.76. The van der Waals surface area contributed by atoms with Crippen molar-refractivity contribution >= 4 is 17.5 Å². The molecule has 3 aliphatic rings. The Morgan fingerprint density at radius 3 is 2.73 bits per heavy atom. The highest BCUT2D eigenvalue weighted by molar-refractivity contribution is 6.21. The summed E-state index contributed by atoms with van der Waals surface area (Å²) in [5, 5.41) is 14.2. The summed E-state index contributed by atoms with van der Waals surface area (Å²) in [5.41, 5.74) is 1.34. The summed E-state index contributed by atoms with van der Waals surface area (Å²) in [7, 11) is 1.64. The lowest BCUT2D eigenvalue weighted by molar-refractivity contribution is 0.297. The van der Waals surface area contributed by atoms with Gasteiger partial charge in [0.05, 0.1) is 25.4 Å². The fourth-order valence-corrected chi connectivity index (χ4v) is 4.39. The van der Waals surface area contributed by atoms with Gasteiger partial charge in [-0.1, -0.05) is 43.2 Å². The van der Waals surface area contributed by atoms with Gasteiger partial charge in [0.1, 0.15) is 6.17 Å². The Balaban J connectivity index is 1.69. The Labute approximate surface area is 159 Å². The highest BCUT2D eigenvalue weighted by Crippen LogP contribution is 2.32. The monoisotopic (exact) mass is 375 g/mol. The Kier molecular flexibility index (Phi) is 5.07. The van der Waals surface area contributed by atoms with Crippen LogP contribution in [0.15, 0.2) is 46.8 Å². The summed E-state index contributed by atoms with van der Waals surface area (Å²) in [6.07, 6.45) is 5.05. The second-order valence-electron chi connectivity index (χ2n) is 7.05. The van der Waals surface area contributed by atoms with Crippen LogP contribution in [0.25, 0.3) is 0 Å². The second kappa shape index (κ2) is 7.47. The molecule has 2 unspecified atom stereocenters. The second-order valence-corrected chi connectivity index (χ2v) is 7.32. The lowest BCUT2D eigenvalue weighted by Gasteiger charge is -2.43. The highest BCUT2D eigenvalue weighted by Gasteiger charge is 2.45. The van der Waals surface area contributed by atoms with E-state index in [9.17, 15) is 0 Å². The van der Waals surface area contributed by atoms with Gasteiger partial charge in [0, 0.05) is 6.04 Å². The molecule has 0 bridgehead atoms. The number of nitrogens with zero attached hydrogens (tertiary/aromatic N) is 1. The molecule has 0 aromatic heterocycles. The van der Waals surface area contributed by atoms with Crippen molar-refractivity contribution in [2.75, 3.05) is 19.7 Å². The minimum Gasteiger partial charge on any atom is -0.482 e. The van der Waals surface area contributed by atoms with Gasteiger partial charge in [-0.05, 0) is 18.4 Å². The molecule has 2 heterocycles. The zero-order valence-corrected chi connectivity index (χ0v) is 15.8. The molecule has 0 amide bonds. The minimum atomic E-state index is -0.688. The lowest BCUT2D eigenvalue weighted by atomic mass is 9.89. The molecule has 2 aliphatic heterocycles. The zero-order valence-electron chi connectivity index (χ0n) is 15.0. The average Bonchev–Trinajstić information content (AvgIpc) is 3.21. The summed E-state index contributed by atoms with van der Waals surface area (Å²) < 4.78 is 5.66. The molecule has 1 aromatic carbocycles. The predicted molar refractivity (Wildman–Crippen MR) is 104 cm³/mol. The average molecular weight is 376 g/mol.